The molecule has 0 bridgehead atoms. The fourth-order valence-electron chi connectivity index (χ4n) is 3.30. The van der Waals surface area contributed by atoms with Crippen LogP contribution >= 0.6 is 11.6 Å². The predicted molar refractivity (Wildman–Crippen MR) is 106 cm³/mol. The average molecular weight is 468 g/mol. The number of fused-ring (bicyclic) bond motifs is 3. The van der Waals surface area contributed by atoms with E-state index in [1.807, 2.05) is 0 Å². The second-order valence-corrected chi connectivity index (χ2v) is 7.11. The van der Waals surface area contributed by atoms with Crippen LogP contribution in [0.4, 0.5) is 17.6 Å². The fraction of sp³-hybridized carbons (Fsp3) is 0.250. The summed E-state index contributed by atoms with van der Waals surface area (Å²) < 4.78 is 61.4. The average Bonchev–Trinajstić information content (AvgIpc) is 3.13. The van der Waals surface area contributed by atoms with Gasteiger partial charge in [0.1, 0.15) is 11.7 Å². The Bertz CT molecular complexity index is 1260. The molecule has 0 aliphatic carbocycles. The van der Waals surface area contributed by atoms with Gasteiger partial charge in [0.2, 0.25) is 0 Å². The minimum atomic E-state index is -4.78. The Morgan fingerprint density at radius 2 is 2.03 bits per heavy atom. The van der Waals surface area contributed by atoms with Crippen LogP contribution in [0.5, 0.6) is 0 Å². The third-order valence-corrected chi connectivity index (χ3v) is 5.05. The van der Waals surface area contributed by atoms with Crippen LogP contribution in [0.2, 0.25) is 5.02 Å². The summed E-state index contributed by atoms with van der Waals surface area (Å²) in [6.07, 6.45) is -3.49. The van der Waals surface area contributed by atoms with E-state index in [0.717, 1.165) is 22.9 Å². The van der Waals surface area contributed by atoms with Gasteiger partial charge >= 0.3 is 12.1 Å². The number of carbonyl (C=O) groups excluding carboxylic acids is 1. The molecule has 0 amide bonds. The van der Waals surface area contributed by atoms with Gasteiger partial charge in [-0.15, -0.1) is 5.10 Å². The topological polar surface area (TPSA) is 82.3 Å². The molecule has 166 valence electrons. The highest BCUT2D eigenvalue weighted by Gasteiger charge is 2.38. The Kier molecular flexibility index (Phi) is 5.45. The number of carbonyl (C=O) groups is 1. The largest absolute Gasteiger partial charge is 0.460 e. The number of alkyl halides is 3. The standard InChI is InChI=1S/C20H14ClF4N5O2/c1-3-32-19(31)17-28-18-9(2)27-16(15-11(22)5-4-8-26-15)13-12(30(18)29-17)7-6-10(14(13)21)20(23,24)25/h4-9H,3H2,1-2H3/t9-/m0/s1. The van der Waals surface area contributed by atoms with E-state index in [0.29, 0.717) is 0 Å². The monoisotopic (exact) mass is 467 g/mol. The summed E-state index contributed by atoms with van der Waals surface area (Å²) in [5, 5.41) is 3.41. The van der Waals surface area contributed by atoms with E-state index in [9.17, 15) is 22.4 Å². The zero-order chi connectivity index (χ0) is 23.2. The number of rotatable bonds is 3. The van der Waals surface area contributed by atoms with Crippen molar-refractivity contribution in [1.29, 1.82) is 0 Å². The molecule has 0 saturated carbocycles. The molecule has 2 aromatic heterocycles. The first-order chi connectivity index (χ1) is 15.1. The molecule has 32 heavy (non-hydrogen) atoms. The molecule has 1 aliphatic rings. The van der Waals surface area contributed by atoms with Crippen molar-refractivity contribution in [2.24, 2.45) is 4.99 Å². The SMILES string of the molecule is CCOC(=O)c1nc2n(n1)-c1ccc(C(F)(F)F)c(Cl)c1C(c1ncccc1F)=N[C@H]2C. The Balaban J connectivity index is 2.05. The summed E-state index contributed by atoms with van der Waals surface area (Å²) in [5.74, 6) is -1.76. The predicted octanol–water partition coefficient (Wildman–Crippen LogP) is 4.56. The van der Waals surface area contributed by atoms with Gasteiger partial charge in [0, 0.05) is 11.8 Å². The molecule has 0 spiro atoms. The first-order valence-corrected chi connectivity index (χ1v) is 9.74. The summed E-state index contributed by atoms with van der Waals surface area (Å²) in [6.45, 7) is 3.25. The molecule has 0 radical (unpaired) electrons. The zero-order valence-electron chi connectivity index (χ0n) is 16.6. The first kappa shape index (κ1) is 21.9. The molecular weight excluding hydrogens is 454 g/mol. The number of halogens is 5. The van der Waals surface area contributed by atoms with Crippen LogP contribution in [-0.4, -0.2) is 38.0 Å². The van der Waals surface area contributed by atoms with Crippen LogP contribution in [0.15, 0.2) is 35.5 Å². The number of benzene rings is 1. The minimum absolute atomic E-state index is 0.0363. The molecule has 1 aliphatic heterocycles. The number of ether oxygens (including phenoxy) is 1. The molecule has 0 fully saturated rings. The molecule has 12 heteroatoms. The first-order valence-electron chi connectivity index (χ1n) is 9.36. The third kappa shape index (κ3) is 3.62. The van der Waals surface area contributed by atoms with Gasteiger partial charge in [0.15, 0.2) is 11.6 Å². The molecular formula is C20H14ClF4N5O2. The Morgan fingerprint density at radius 1 is 1.28 bits per heavy atom. The van der Waals surface area contributed by atoms with Crippen LogP contribution in [0.1, 0.15) is 53.2 Å². The second kappa shape index (κ2) is 7.97. The molecule has 4 rings (SSSR count). The highest BCUT2D eigenvalue weighted by Crippen LogP contribution is 2.41. The van der Waals surface area contributed by atoms with Gasteiger partial charge in [-0.3, -0.25) is 9.98 Å². The minimum Gasteiger partial charge on any atom is -0.460 e. The van der Waals surface area contributed by atoms with Crippen LogP contribution in [-0.2, 0) is 10.9 Å². The van der Waals surface area contributed by atoms with E-state index in [2.05, 4.69) is 20.1 Å². The van der Waals surface area contributed by atoms with E-state index in [4.69, 9.17) is 16.3 Å². The van der Waals surface area contributed by atoms with Crippen molar-refractivity contribution in [3.8, 4) is 5.69 Å². The van der Waals surface area contributed by atoms with Gasteiger partial charge < -0.3 is 4.74 Å². The number of nitrogens with zero attached hydrogens (tertiary/aromatic N) is 5. The number of hydrogen-bond acceptors (Lipinski definition) is 6. The van der Waals surface area contributed by atoms with E-state index >= 15 is 0 Å². The van der Waals surface area contributed by atoms with Crippen molar-refractivity contribution in [2.75, 3.05) is 6.61 Å². The lowest BCUT2D eigenvalue weighted by Gasteiger charge is -2.17. The highest BCUT2D eigenvalue weighted by atomic mass is 35.5. The number of aromatic nitrogens is 4. The lowest BCUT2D eigenvalue weighted by atomic mass is 10.0. The Labute approximate surface area is 183 Å². The summed E-state index contributed by atoms with van der Waals surface area (Å²) in [4.78, 5) is 24.6. The summed E-state index contributed by atoms with van der Waals surface area (Å²) >= 11 is 6.21. The van der Waals surface area contributed by atoms with Gasteiger partial charge in [-0.05, 0) is 38.1 Å². The maximum Gasteiger partial charge on any atom is 0.417 e. The maximum atomic E-state index is 14.6. The molecule has 0 unspecified atom stereocenters. The van der Waals surface area contributed by atoms with Crippen LogP contribution in [0.25, 0.3) is 5.69 Å². The molecule has 7 nitrogen and oxygen atoms in total. The highest BCUT2D eigenvalue weighted by molar-refractivity contribution is 6.37. The maximum absolute atomic E-state index is 14.6. The zero-order valence-corrected chi connectivity index (χ0v) is 17.4. The third-order valence-electron chi connectivity index (χ3n) is 4.66. The molecule has 3 aromatic rings. The van der Waals surface area contributed by atoms with E-state index < -0.39 is 34.6 Å². The fourth-order valence-corrected chi connectivity index (χ4v) is 3.65. The van der Waals surface area contributed by atoms with Gasteiger partial charge in [-0.2, -0.15) is 13.2 Å². The molecule has 1 aromatic carbocycles. The Morgan fingerprint density at radius 3 is 2.69 bits per heavy atom. The van der Waals surface area contributed by atoms with E-state index in [-0.39, 0.29) is 40.9 Å². The van der Waals surface area contributed by atoms with Crippen molar-refractivity contribution in [3.63, 3.8) is 0 Å². The van der Waals surface area contributed by atoms with Gasteiger partial charge in [0.25, 0.3) is 5.82 Å². The molecule has 0 N–H and O–H groups in total. The van der Waals surface area contributed by atoms with Crippen molar-refractivity contribution in [3.05, 3.63) is 69.8 Å². The summed E-state index contributed by atoms with van der Waals surface area (Å²) in [7, 11) is 0. The van der Waals surface area contributed by atoms with Crippen LogP contribution < -0.4 is 0 Å². The van der Waals surface area contributed by atoms with Crippen LogP contribution in [0.3, 0.4) is 0 Å². The van der Waals surface area contributed by atoms with Crippen molar-refractivity contribution in [2.45, 2.75) is 26.1 Å². The van der Waals surface area contributed by atoms with E-state index in [1.165, 1.54) is 12.3 Å². The van der Waals surface area contributed by atoms with Crippen molar-refractivity contribution in [1.82, 2.24) is 19.7 Å². The summed E-state index contributed by atoms with van der Waals surface area (Å²) in [5.41, 5.74) is -1.80. The number of aliphatic imine (C=N–C) groups is 1. The molecule has 3 heterocycles. The van der Waals surface area contributed by atoms with E-state index in [1.54, 1.807) is 13.8 Å². The number of pyridine rings is 1. The van der Waals surface area contributed by atoms with Gasteiger partial charge in [0.05, 0.1) is 28.6 Å². The second-order valence-electron chi connectivity index (χ2n) is 6.73. The van der Waals surface area contributed by atoms with Crippen LogP contribution in [0, 0.1) is 5.82 Å². The van der Waals surface area contributed by atoms with Crippen molar-refractivity contribution < 1.29 is 27.1 Å². The quantitative estimate of drug-likeness (QED) is 0.416. The van der Waals surface area contributed by atoms with Gasteiger partial charge in [-0.1, -0.05) is 11.6 Å². The number of hydrogen-bond donors (Lipinski definition) is 0. The Hall–Kier alpha value is -3.34. The molecule has 0 saturated heterocycles. The summed E-state index contributed by atoms with van der Waals surface area (Å²) in [6, 6.07) is 3.51. The molecule has 1 atom stereocenters. The smallest absolute Gasteiger partial charge is 0.417 e. The lowest BCUT2D eigenvalue weighted by molar-refractivity contribution is -0.137. The number of esters is 1. The van der Waals surface area contributed by atoms with Crippen molar-refractivity contribution >= 4 is 23.3 Å². The normalized spacial score (nSPS) is 15.5. The lowest BCUT2D eigenvalue weighted by Crippen LogP contribution is -2.16. The van der Waals surface area contributed by atoms with Gasteiger partial charge in [-0.25, -0.2) is 18.9 Å².